The standard InChI is InChI=1S/C25H26N2O4S/c1-19-9-15-24(16-10-19)32(29,30)27-17-5-6-20(18-27)25(28)26-21-11-13-23(14-12-21)31-22-7-3-2-4-8-22/h2-4,7-16,20H,5-6,17-18H2,1H3,(H,26,28)/t20-/m1/s1. The van der Waals surface area contributed by atoms with Crippen molar-refractivity contribution in [3.8, 4) is 11.5 Å². The fourth-order valence-corrected chi connectivity index (χ4v) is 5.23. The maximum absolute atomic E-state index is 13.0. The molecule has 6 nitrogen and oxygen atoms in total. The third kappa shape index (κ3) is 5.18. The molecule has 1 saturated heterocycles. The summed E-state index contributed by atoms with van der Waals surface area (Å²) in [4.78, 5) is 13.1. The molecule has 1 N–H and O–H groups in total. The SMILES string of the molecule is Cc1ccc(S(=O)(=O)N2CCC[C@@H](C(=O)Nc3ccc(Oc4ccccc4)cc3)C2)cc1. The Labute approximate surface area is 188 Å². The molecule has 0 spiro atoms. The molecule has 0 aromatic heterocycles. The van der Waals surface area contributed by atoms with Crippen molar-refractivity contribution in [3.05, 3.63) is 84.4 Å². The normalized spacial score (nSPS) is 17.0. The Morgan fingerprint density at radius 3 is 2.28 bits per heavy atom. The molecule has 1 aliphatic rings. The van der Waals surface area contributed by atoms with Crippen LogP contribution in [0.4, 0.5) is 5.69 Å². The lowest BCUT2D eigenvalue weighted by molar-refractivity contribution is -0.120. The van der Waals surface area contributed by atoms with Gasteiger partial charge in [-0.2, -0.15) is 4.31 Å². The molecule has 3 aromatic carbocycles. The van der Waals surface area contributed by atoms with E-state index >= 15 is 0 Å². The second-order valence-electron chi connectivity index (χ2n) is 7.94. The van der Waals surface area contributed by atoms with E-state index in [1.807, 2.05) is 37.3 Å². The van der Waals surface area contributed by atoms with Gasteiger partial charge >= 0.3 is 0 Å². The molecule has 0 bridgehead atoms. The highest BCUT2D eigenvalue weighted by molar-refractivity contribution is 7.89. The van der Waals surface area contributed by atoms with Gasteiger partial charge in [-0.05, 0) is 68.3 Å². The van der Waals surface area contributed by atoms with Crippen LogP contribution in [0.15, 0.2) is 83.8 Å². The van der Waals surface area contributed by atoms with Crippen molar-refractivity contribution in [2.24, 2.45) is 5.92 Å². The number of ether oxygens (including phenoxy) is 1. The lowest BCUT2D eigenvalue weighted by atomic mass is 9.99. The number of amides is 1. The van der Waals surface area contributed by atoms with Crippen molar-refractivity contribution >= 4 is 21.6 Å². The van der Waals surface area contributed by atoms with Gasteiger partial charge in [0.2, 0.25) is 15.9 Å². The van der Waals surface area contributed by atoms with Crippen LogP contribution in [-0.2, 0) is 14.8 Å². The van der Waals surface area contributed by atoms with Crippen LogP contribution in [0.5, 0.6) is 11.5 Å². The molecule has 0 radical (unpaired) electrons. The zero-order valence-corrected chi connectivity index (χ0v) is 18.7. The number of carbonyl (C=O) groups is 1. The van der Waals surface area contributed by atoms with E-state index in [0.29, 0.717) is 30.8 Å². The van der Waals surface area contributed by atoms with Gasteiger partial charge in [0.15, 0.2) is 0 Å². The van der Waals surface area contributed by atoms with Crippen LogP contribution in [0.3, 0.4) is 0 Å². The Kier molecular flexibility index (Phi) is 6.58. The predicted octanol–water partition coefficient (Wildman–Crippen LogP) is 4.83. The number of para-hydroxylation sites is 1. The number of piperidine rings is 1. The van der Waals surface area contributed by atoms with E-state index in [0.717, 1.165) is 11.3 Å². The van der Waals surface area contributed by atoms with Crippen LogP contribution in [0.25, 0.3) is 0 Å². The van der Waals surface area contributed by atoms with Crippen molar-refractivity contribution < 1.29 is 17.9 Å². The Morgan fingerprint density at radius 2 is 1.59 bits per heavy atom. The topological polar surface area (TPSA) is 75.7 Å². The summed E-state index contributed by atoms with van der Waals surface area (Å²) in [6, 6.07) is 23.4. The van der Waals surface area contributed by atoms with Crippen LogP contribution in [0.2, 0.25) is 0 Å². The van der Waals surface area contributed by atoms with Gasteiger partial charge in [0, 0.05) is 18.8 Å². The molecule has 3 aromatic rings. The molecule has 1 aliphatic heterocycles. The minimum Gasteiger partial charge on any atom is -0.457 e. The van der Waals surface area contributed by atoms with Gasteiger partial charge in [-0.25, -0.2) is 8.42 Å². The number of hydrogen-bond acceptors (Lipinski definition) is 4. The van der Waals surface area contributed by atoms with E-state index in [4.69, 9.17) is 4.74 Å². The average Bonchev–Trinajstić information content (AvgIpc) is 2.81. The summed E-state index contributed by atoms with van der Waals surface area (Å²) >= 11 is 0. The minimum atomic E-state index is -3.62. The molecule has 0 aliphatic carbocycles. The molecule has 1 heterocycles. The van der Waals surface area contributed by atoms with E-state index in [1.54, 1.807) is 48.5 Å². The third-order valence-electron chi connectivity index (χ3n) is 5.51. The van der Waals surface area contributed by atoms with Gasteiger partial charge in [0.25, 0.3) is 0 Å². The van der Waals surface area contributed by atoms with Crippen molar-refractivity contribution in [1.82, 2.24) is 4.31 Å². The van der Waals surface area contributed by atoms with E-state index in [2.05, 4.69) is 5.32 Å². The quantitative estimate of drug-likeness (QED) is 0.584. The maximum atomic E-state index is 13.0. The van der Waals surface area contributed by atoms with Crippen molar-refractivity contribution in [1.29, 1.82) is 0 Å². The fraction of sp³-hybridized carbons (Fsp3) is 0.240. The summed E-state index contributed by atoms with van der Waals surface area (Å²) in [5, 5.41) is 2.91. The molecule has 166 valence electrons. The number of hydrogen-bond donors (Lipinski definition) is 1. The van der Waals surface area contributed by atoms with E-state index in [-0.39, 0.29) is 17.3 Å². The van der Waals surface area contributed by atoms with Crippen LogP contribution >= 0.6 is 0 Å². The Morgan fingerprint density at radius 1 is 0.938 bits per heavy atom. The predicted molar refractivity (Wildman–Crippen MR) is 124 cm³/mol. The largest absolute Gasteiger partial charge is 0.457 e. The smallest absolute Gasteiger partial charge is 0.243 e. The van der Waals surface area contributed by atoms with Crippen LogP contribution in [0, 0.1) is 12.8 Å². The van der Waals surface area contributed by atoms with Crippen LogP contribution < -0.4 is 10.1 Å². The Hall–Kier alpha value is -3.16. The summed E-state index contributed by atoms with van der Waals surface area (Å²) in [6.07, 6.45) is 1.30. The van der Waals surface area contributed by atoms with Gasteiger partial charge in [-0.15, -0.1) is 0 Å². The zero-order valence-electron chi connectivity index (χ0n) is 17.9. The number of carbonyl (C=O) groups excluding carboxylic acids is 1. The van der Waals surface area contributed by atoms with E-state index < -0.39 is 15.9 Å². The second kappa shape index (κ2) is 9.54. The number of rotatable bonds is 6. The second-order valence-corrected chi connectivity index (χ2v) is 9.88. The first-order valence-corrected chi connectivity index (χ1v) is 12.1. The monoisotopic (exact) mass is 450 g/mol. The maximum Gasteiger partial charge on any atom is 0.243 e. The number of anilines is 1. The Balaban J connectivity index is 1.38. The number of nitrogens with one attached hydrogen (secondary N) is 1. The molecular formula is C25H26N2O4S. The zero-order chi connectivity index (χ0) is 22.6. The summed E-state index contributed by atoms with van der Waals surface area (Å²) in [5.41, 5.74) is 1.65. The summed E-state index contributed by atoms with van der Waals surface area (Å²) in [7, 11) is -3.62. The van der Waals surface area contributed by atoms with E-state index in [9.17, 15) is 13.2 Å². The first-order chi connectivity index (χ1) is 15.4. The molecule has 1 amide bonds. The summed E-state index contributed by atoms with van der Waals surface area (Å²) in [6.45, 7) is 2.51. The lowest BCUT2D eigenvalue weighted by Gasteiger charge is -2.31. The molecule has 7 heteroatoms. The summed E-state index contributed by atoms with van der Waals surface area (Å²) < 4.78 is 33.2. The van der Waals surface area contributed by atoms with Crippen molar-refractivity contribution in [2.75, 3.05) is 18.4 Å². The number of benzene rings is 3. The molecule has 0 unspecified atom stereocenters. The first kappa shape index (κ1) is 22.0. The lowest BCUT2D eigenvalue weighted by Crippen LogP contribution is -2.43. The summed E-state index contributed by atoms with van der Waals surface area (Å²) in [5.74, 6) is 0.832. The number of aryl methyl sites for hydroxylation is 1. The van der Waals surface area contributed by atoms with Crippen LogP contribution in [-0.4, -0.2) is 31.7 Å². The highest BCUT2D eigenvalue weighted by Gasteiger charge is 2.33. The highest BCUT2D eigenvalue weighted by atomic mass is 32.2. The molecule has 4 rings (SSSR count). The van der Waals surface area contributed by atoms with E-state index in [1.165, 1.54) is 4.31 Å². The fourth-order valence-electron chi connectivity index (χ4n) is 3.71. The van der Waals surface area contributed by atoms with Gasteiger partial charge in [0.1, 0.15) is 11.5 Å². The van der Waals surface area contributed by atoms with Crippen molar-refractivity contribution in [2.45, 2.75) is 24.7 Å². The minimum absolute atomic E-state index is 0.175. The number of sulfonamides is 1. The number of nitrogens with zero attached hydrogens (tertiary/aromatic N) is 1. The third-order valence-corrected chi connectivity index (χ3v) is 7.39. The van der Waals surface area contributed by atoms with Gasteiger partial charge < -0.3 is 10.1 Å². The van der Waals surface area contributed by atoms with Gasteiger partial charge in [-0.1, -0.05) is 35.9 Å². The molecular weight excluding hydrogens is 424 g/mol. The first-order valence-electron chi connectivity index (χ1n) is 10.6. The van der Waals surface area contributed by atoms with Crippen molar-refractivity contribution in [3.63, 3.8) is 0 Å². The Bertz CT molecular complexity index is 1160. The van der Waals surface area contributed by atoms with Gasteiger partial charge in [0.05, 0.1) is 10.8 Å². The van der Waals surface area contributed by atoms with Crippen LogP contribution in [0.1, 0.15) is 18.4 Å². The highest BCUT2D eigenvalue weighted by Crippen LogP contribution is 2.26. The molecule has 32 heavy (non-hydrogen) atoms. The molecule has 0 saturated carbocycles. The molecule has 1 atom stereocenters. The van der Waals surface area contributed by atoms with Gasteiger partial charge in [-0.3, -0.25) is 4.79 Å². The molecule has 1 fully saturated rings. The average molecular weight is 451 g/mol.